The Balaban J connectivity index is 1.98. The van der Waals surface area contributed by atoms with Gasteiger partial charge in [0.25, 0.3) is 0 Å². The Labute approximate surface area is 162 Å². The van der Waals surface area contributed by atoms with Crippen molar-refractivity contribution in [3.05, 3.63) is 29.8 Å². The molecule has 148 valence electrons. The lowest BCUT2D eigenvalue weighted by atomic mass is 10.1. The minimum atomic E-state index is -0.185. The van der Waals surface area contributed by atoms with Crippen LogP contribution in [0.15, 0.2) is 24.3 Å². The number of benzene rings is 1. The highest BCUT2D eigenvalue weighted by Crippen LogP contribution is 2.20. The summed E-state index contributed by atoms with van der Waals surface area (Å²) in [5.74, 6) is -0.277. The third-order valence-corrected chi connectivity index (χ3v) is 4.88. The minimum Gasteiger partial charge on any atom is -0.331 e. The van der Waals surface area contributed by atoms with Gasteiger partial charge in [0.15, 0.2) is 0 Å². The quantitative estimate of drug-likeness (QED) is 0.658. The van der Waals surface area contributed by atoms with Crippen LogP contribution in [0.25, 0.3) is 0 Å². The van der Waals surface area contributed by atoms with Crippen molar-refractivity contribution < 1.29 is 14.4 Å². The molecule has 0 unspecified atom stereocenters. The van der Waals surface area contributed by atoms with E-state index in [-0.39, 0.29) is 43.5 Å². The lowest BCUT2D eigenvalue weighted by Gasteiger charge is -2.28. The molecule has 6 heteroatoms. The SMILES string of the molecule is CCCCCC(=O)N(CC(=O)N1CC(=O)N(c2ccc(C)cc2)C1)C(C)C. The topological polar surface area (TPSA) is 60.9 Å². The van der Waals surface area contributed by atoms with Crippen molar-refractivity contribution >= 4 is 23.4 Å². The molecular weight excluding hydrogens is 342 g/mol. The van der Waals surface area contributed by atoms with Crippen molar-refractivity contribution in [2.75, 3.05) is 24.7 Å². The predicted octanol–water partition coefficient (Wildman–Crippen LogP) is 2.95. The molecule has 1 fully saturated rings. The van der Waals surface area contributed by atoms with Crippen molar-refractivity contribution in [1.29, 1.82) is 0 Å². The highest BCUT2D eigenvalue weighted by molar-refractivity contribution is 6.00. The Bertz CT molecular complexity index is 670. The third kappa shape index (κ3) is 5.55. The number of hydrogen-bond acceptors (Lipinski definition) is 3. The van der Waals surface area contributed by atoms with E-state index in [0.29, 0.717) is 6.42 Å². The molecule has 0 aromatic heterocycles. The van der Waals surface area contributed by atoms with Gasteiger partial charge in [0.1, 0.15) is 19.8 Å². The molecule has 1 aromatic carbocycles. The van der Waals surface area contributed by atoms with Gasteiger partial charge in [-0.15, -0.1) is 0 Å². The molecule has 27 heavy (non-hydrogen) atoms. The maximum absolute atomic E-state index is 12.7. The Morgan fingerprint density at radius 3 is 2.41 bits per heavy atom. The molecule has 1 aromatic rings. The van der Waals surface area contributed by atoms with Crippen LogP contribution in [-0.4, -0.2) is 53.3 Å². The van der Waals surface area contributed by atoms with E-state index < -0.39 is 0 Å². The van der Waals surface area contributed by atoms with Crippen molar-refractivity contribution in [2.24, 2.45) is 0 Å². The van der Waals surface area contributed by atoms with E-state index in [0.717, 1.165) is 30.5 Å². The van der Waals surface area contributed by atoms with Gasteiger partial charge in [-0.25, -0.2) is 0 Å². The normalized spacial score (nSPS) is 14.2. The summed E-state index contributed by atoms with van der Waals surface area (Å²) in [6.07, 6.45) is 3.38. The van der Waals surface area contributed by atoms with E-state index in [1.807, 2.05) is 45.0 Å². The molecule has 0 saturated carbocycles. The Kier molecular flexibility index (Phi) is 7.39. The van der Waals surface area contributed by atoms with Gasteiger partial charge in [0, 0.05) is 18.2 Å². The van der Waals surface area contributed by atoms with Crippen LogP contribution < -0.4 is 4.90 Å². The first kappa shape index (κ1) is 20.9. The number of hydrogen-bond donors (Lipinski definition) is 0. The number of aryl methyl sites for hydroxylation is 1. The first-order valence-electron chi connectivity index (χ1n) is 9.77. The predicted molar refractivity (Wildman–Crippen MR) is 106 cm³/mol. The second kappa shape index (κ2) is 9.53. The Morgan fingerprint density at radius 1 is 1.15 bits per heavy atom. The summed E-state index contributed by atoms with van der Waals surface area (Å²) in [4.78, 5) is 42.3. The first-order chi connectivity index (χ1) is 12.8. The molecular formula is C21H31N3O3. The Morgan fingerprint density at radius 2 is 1.81 bits per heavy atom. The van der Waals surface area contributed by atoms with Crippen LogP contribution in [0.2, 0.25) is 0 Å². The van der Waals surface area contributed by atoms with Crippen LogP contribution in [0, 0.1) is 6.92 Å². The van der Waals surface area contributed by atoms with Gasteiger partial charge in [0.2, 0.25) is 17.7 Å². The summed E-state index contributed by atoms with van der Waals surface area (Å²) >= 11 is 0. The smallest absolute Gasteiger partial charge is 0.248 e. The van der Waals surface area contributed by atoms with E-state index in [9.17, 15) is 14.4 Å². The van der Waals surface area contributed by atoms with Gasteiger partial charge in [-0.2, -0.15) is 0 Å². The fourth-order valence-electron chi connectivity index (χ4n) is 3.14. The second-order valence-electron chi connectivity index (χ2n) is 7.46. The number of unbranched alkanes of at least 4 members (excludes halogenated alkanes) is 2. The molecule has 0 spiro atoms. The van der Waals surface area contributed by atoms with Crippen LogP contribution in [-0.2, 0) is 14.4 Å². The van der Waals surface area contributed by atoms with E-state index >= 15 is 0 Å². The number of amides is 3. The van der Waals surface area contributed by atoms with Gasteiger partial charge in [-0.05, 0) is 39.3 Å². The highest BCUT2D eigenvalue weighted by Gasteiger charge is 2.33. The van der Waals surface area contributed by atoms with Crippen LogP contribution in [0.5, 0.6) is 0 Å². The van der Waals surface area contributed by atoms with Gasteiger partial charge in [0.05, 0.1) is 0 Å². The molecule has 0 bridgehead atoms. The summed E-state index contributed by atoms with van der Waals surface area (Å²) in [5, 5.41) is 0. The van der Waals surface area contributed by atoms with Crippen LogP contribution in [0.3, 0.4) is 0 Å². The Hall–Kier alpha value is -2.37. The molecule has 0 radical (unpaired) electrons. The van der Waals surface area contributed by atoms with Crippen LogP contribution in [0.1, 0.15) is 52.0 Å². The summed E-state index contributed by atoms with van der Waals surface area (Å²) in [5.41, 5.74) is 1.91. The van der Waals surface area contributed by atoms with Gasteiger partial charge >= 0.3 is 0 Å². The third-order valence-electron chi connectivity index (χ3n) is 4.88. The highest BCUT2D eigenvalue weighted by atomic mass is 16.2. The number of rotatable bonds is 8. The summed E-state index contributed by atoms with van der Waals surface area (Å²) < 4.78 is 0. The monoisotopic (exact) mass is 373 g/mol. The van der Waals surface area contributed by atoms with E-state index in [4.69, 9.17) is 0 Å². The number of anilines is 1. The molecule has 1 saturated heterocycles. The van der Waals surface area contributed by atoms with Crippen molar-refractivity contribution in [1.82, 2.24) is 9.80 Å². The van der Waals surface area contributed by atoms with Crippen LogP contribution in [0.4, 0.5) is 5.69 Å². The van der Waals surface area contributed by atoms with Gasteiger partial charge in [-0.3, -0.25) is 19.3 Å². The zero-order valence-corrected chi connectivity index (χ0v) is 16.9. The largest absolute Gasteiger partial charge is 0.331 e. The minimum absolute atomic E-state index is 0.00714. The lowest BCUT2D eigenvalue weighted by molar-refractivity contribution is -0.141. The van der Waals surface area contributed by atoms with Crippen molar-refractivity contribution in [2.45, 2.75) is 59.4 Å². The van der Waals surface area contributed by atoms with Crippen molar-refractivity contribution in [3.8, 4) is 0 Å². The molecule has 0 N–H and O–H groups in total. The molecule has 6 nitrogen and oxygen atoms in total. The zero-order chi connectivity index (χ0) is 20.0. The molecule has 1 heterocycles. The van der Waals surface area contributed by atoms with Crippen LogP contribution >= 0.6 is 0 Å². The molecule has 3 amide bonds. The number of carbonyl (C=O) groups is 3. The zero-order valence-electron chi connectivity index (χ0n) is 16.9. The number of carbonyl (C=O) groups excluding carboxylic acids is 3. The average molecular weight is 373 g/mol. The molecule has 1 aliphatic heterocycles. The molecule has 0 atom stereocenters. The molecule has 0 aliphatic carbocycles. The lowest BCUT2D eigenvalue weighted by Crippen LogP contribution is -2.45. The van der Waals surface area contributed by atoms with Gasteiger partial charge < -0.3 is 9.80 Å². The molecule has 2 rings (SSSR count). The number of nitrogens with zero attached hydrogens (tertiary/aromatic N) is 3. The standard InChI is InChI=1S/C21H31N3O3/c1-5-6-7-8-19(25)23(16(2)3)14-20(26)22-13-21(27)24(15-22)18-11-9-17(4)10-12-18/h9-12,16H,5-8,13-15H2,1-4H3. The maximum Gasteiger partial charge on any atom is 0.248 e. The fraction of sp³-hybridized carbons (Fsp3) is 0.571. The van der Waals surface area contributed by atoms with Gasteiger partial charge in [-0.1, -0.05) is 37.5 Å². The molecule has 1 aliphatic rings. The summed E-state index contributed by atoms with van der Waals surface area (Å²) in [7, 11) is 0. The van der Waals surface area contributed by atoms with E-state index in [1.54, 1.807) is 9.80 Å². The summed E-state index contributed by atoms with van der Waals surface area (Å²) in [6.45, 7) is 8.23. The van der Waals surface area contributed by atoms with Crippen molar-refractivity contribution in [3.63, 3.8) is 0 Å². The second-order valence-corrected chi connectivity index (χ2v) is 7.46. The van der Waals surface area contributed by atoms with E-state index in [2.05, 4.69) is 6.92 Å². The summed E-state index contributed by atoms with van der Waals surface area (Å²) in [6, 6.07) is 7.62. The first-order valence-corrected chi connectivity index (χ1v) is 9.77. The fourth-order valence-corrected chi connectivity index (χ4v) is 3.14. The van der Waals surface area contributed by atoms with E-state index in [1.165, 1.54) is 4.90 Å². The average Bonchev–Trinajstić information content (AvgIpc) is 3.02. The maximum atomic E-state index is 12.7.